The van der Waals surface area contributed by atoms with Crippen molar-refractivity contribution in [2.45, 2.75) is 62.6 Å². The topological polar surface area (TPSA) is 102 Å². The molecule has 1 aliphatic carbocycles. The Bertz CT molecular complexity index is 1380. The maximum absolute atomic E-state index is 13.6. The van der Waals surface area contributed by atoms with Gasteiger partial charge in [0, 0.05) is 48.2 Å². The van der Waals surface area contributed by atoms with Crippen LogP contribution >= 0.6 is 23.2 Å². The number of aromatic nitrogens is 1. The molecule has 2 aromatic carbocycles. The second-order valence-corrected chi connectivity index (χ2v) is 10.9. The standard InChI is InChI=1S/C28H26Cl2N2O6/c1-36-22-13-17(9-10-19(22)27(33)34)32-15-7-8-16(32)12-18(11-15)37-28(35)24-25(31-38-26(24)14-5-6-14)23-20(29)3-2-4-21(23)30/h2-4,9-10,13-16,18H,5-8,11-12H2,1H3,(H,33,34). The normalized spacial score (nSPS) is 22.4. The van der Waals surface area contributed by atoms with Gasteiger partial charge in [0.05, 0.1) is 17.2 Å². The lowest BCUT2D eigenvalue weighted by Gasteiger charge is -2.40. The van der Waals surface area contributed by atoms with E-state index in [0.29, 0.717) is 51.2 Å². The zero-order valence-electron chi connectivity index (χ0n) is 20.7. The summed E-state index contributed by atoms with van der Waals surface area (Å²) in [6.07, 6.45) is 4.84. The van der Waals surface area contributed by atoms with Gasteiger partial charge in [-0.2, -0.15) is 0 Å². The Labute approximate surface area is 229 Å². The number of rotatable bonds is 7. The number of piperidine rings is 1. The molecule has 3 aromatic rings. The highest BCUT2D eigenvalue weighted by Gasteiger charge is 2.44. The molecule has 1 saturated carbocycles. The van der Waals surface area contributed by atoms with Crippen molar-refractivity contribution >= 4 is 40.8 Å². The molecule has 3 aliphatic rings. The van der Waals surface area contributed by atoms with E-state index in [0.717, 1.165) is 31.4 Å². The van der Waals surface area contributed by atoms with E-state index in [2.05, 4.69) is 10.1 Å². The van der Waals surface area contributed by atoms with Gasteiger partial charge < -0.3 is 24.0 Å². The quantitative estimate of drug-likeness (QED) is 0.325. The number of esters is 1. The number of hydrogen-bond donors (Lipinski definition) is 1. The van der Waals surface area contributed by atoms with Crippen LogP contribution in [-0.2, 0) is 4.74 Å². The Balaban J connectivity index is 1.24. The van der Waals surface area contributed by atoms with Crippen LogP contribution in [0.2, 0.25) is 10.0 Å². The van der Waals surface area contributed by atoms with Crippen molar-refractivity contribution in [1.29, 1.82) is 0 Å². The van der Waals surface area contributed by atoms with E-state index < -0.39 is 11.9 Å². The van der Waals surface area contributed by atoms with Crippen LogP contribution in [-0.4, -0.2) is 47.5 Å². The highest BCUT2D eigenvalue weighted by Crippen LogP contribution is 2.47. The first-order valence-electron chi connectivity index (χ1n) is 12.7. The van der Waals surface area contributed by atoms with Crippen molar-refractivity contribution in [2.24, 2.45) is 0 Å². The summed E-state index contributed by atoms with van der Waals surface area (Å²) < 4.78 is 17.1. The average Bonchev–Trinajstić information content (AvgIpc) is 3.59. The smallest absolute Gasteiger partial charge is 0.344 e. The van der Waals surface area contributed by atoms with E-state index in [4.69, 9.17) is 37.2 Å². The molecule has 0 radical (unpaired) electrons. The van der Waals surface area contributed by atoms with Crippen molar-refractivity contribution in [3.05, 3.63) is 63.3 Å². The summed E-state index contributed by atoms with van der Waals surface area (Å²) in [7, 11) is 1.47. The lowest BCUT2D eigenvalue weighted by Crippen LogP contribution is -2.46. The first kappa shape index (κ1) is 25.1. The molecule has 10 heteroatoms. The Morgan fingerprint density at radius 3 is 2.34 bits per heavy atom. The van der Waals surface area contributed by atoms with Crippen LogP contribution in [0.25, 0.3) is 11.3 Å². The number of nitrogens with zero attached hydrogens (tertiary/aromatic N) is 2. The summed E-state index contributed by atoms with van der Waals surface area (Å²) in [6.45, 7) is 0. The first-order valence-corrected chi connectivity index (χ1v) is 13.5. The third-order valence-corrected chi connectivity index (χ3v) is 8.38. The molecule has 2 atom stereocenters. The van der Waals surface area contributed by atoms with Crippen molar-refractivity contribution in [3.8, 4) is 17.0 Å². The number of anilines is 1. The fraction of sp³-hybridized carbons (Fsp3) is 0.393. The molecule has 3 fully saturated rings. The third kappa shape index (κ3) is 4.39. The molecule has 8 nitrogen and oxygen atoms in total. The van der Waals surface area contributed by atoms with Gasteiger partial charge in [-0.05, 0) is 49.9 Å². The Hall–Kier alpha value is -3.23. The second-order valence-electron chi connectivity index (χ2n) is 10.1. The maximum atomic E-state index is 13.6. The zero-order valence-corrected chi connectivity index (χ0v) is 22.2. The summed E-state index contributed by atoms with van der Waals surface area (Å²) in [6, 6.07) is 10.6. The van der Waals surface area contributed by atoms with Crippen molar-refractivity contribution in [2.75, 3.05) is 12.0 Å². The van der Waals surface area contributed by atoms with Crippen LogP contribution in [0.5, 0.6) is 5.75 Å². The van der Waals surface area contributed by atoms with Crippen LogP contribution < -0.4 is 9.64 Å². The highest BCUT2D eigenvalue weighted by atomic mass is 35.5. The van der Waals surface area contributed by atoms with Gasteiger partial charge in [0.2, 0.25) is 0 Å². The van der Waals surface area contributed by atoms with Crippen LogP contribution in [0.1, 0.15) is 70.9 Å². The van der Waals surface area contributed by atoms with Crippen molar-refractivity contribution < 1.29 is 28.7 Å². The Morgan fingerprint density at radius 2 is 1.74 bits per heavy atom. The van der Waals surface area contributed by atoms with E-state index in [9.17, 15) is 14.7 Å². The van der Waals surface area contributed by atoms with Gasteiger partial charge in [0.15, 0.2) is 5.76 Å². The molecule has 3 heterocycles. The SMILES string of the molecule is COc1cc(N2C3CCC2CC(OC(=O)c2c(-c4c(Cl)cccc4Cl)noc2C2CC2)C3)ccc1C(=O)O. The Morgan fingerprint density at radius 1 is 1.05 bits per heavy atom. The number of aromatic carboxylic acids is 1. The van der Waals surface area contributed by atoms with E-state index in [1.165, 1.54) is 7.11 Å². The van der Waals surface area contributed by atoms with E-state index >= 15 is 0 Å². The van der Waals surface area contributed by atoms with Crippen molar-refractivity contribution in [3.63, 3.8) is 0 Å². The third-order valence-electron chi connectivity index (χ3n) is 7.75. The summed E-state index contributed by atoms with van der Waals surface area (Å²) >= 11 is 12.9. The lowest BCUT2D eigenvalue weighted by molar-refractivity contribution is 0.0202. The van der Waals surface area contributed by atoms with Gasteiger partial charge in [0.25, 0.3) is 0 Å². The van der Waals surface area contributed by atoms with Crippen LogP contribution in [0, 0.1) is 0 Å². The summed E-state index contributed by atoms with van der Waals surface area (Å²) in [5, 5.41) is 14.4. The molecular weight excluding hydrogens is 531 g/mol. The van der Waals surface area contributed by atoms with Crippen LogP contribution in [0.3, 0.4) is 0 Å². The zero-order chi connectivity index (χ0) is 26.6. The highest BCUT2D eigenvalue weighted by molar-refractivity contribution is 6.39. The fourth-order valence-corrected chi connectivity index (χ4v) is 6.47. The number of ether oxygens (including phenoxy) is 2. The second kappa shape index (κ2) is 9.82. The average molecular weight is 557 g/mol. The lowest BCUT2D eigenvalue weighted by atomic mass is 9.98. The monoisotopic (exact) mass is 556 g/mol. The molecule has 38 heavy (non-hydrogen) atoms. The van der Waals surface area contributed by atoms with E-state index in [-0.39, 0.29) is 29.7 Å². The van der Waals surface area contributed by atoms with Crippen LogP contribution in [0.15, 0.2) is 40.9 Å². The van der Waals surface area contributed by atoms with Gasteiger partial charge in [0.1, 0.15) is 28.7 Å². The van der Waals surface area contributed by atoms with Gasteiger partial charge >= 0.3 is 11.9 Å². The van der Waals surface area contributed by atoms with Crippen LogP contribution in [0.4, 0.5) is 5.69 Å². The number of carbonyl (C=O) groups is 2. The summed E-state index contributed by atoms with van der Waals surface area (Å²) in [4.78, 5) is 27.4. The summed E-state index contributed by atoms with van der Waals surface area (Å²) in [5.74, 6) is -0.495. The van der Waals surface area contributed by atoms with Crippen molar-refractivity contribution in [1.82, 2.24) is 5.16 Å². The molecule has 0 spiro atoms. The first-order chi connectivity index (χ1) is 18.4. The largest absolute Gasteiger partial charge is 0.496 e. The number of methoxy groups -OCH3 is 1. The van der Waals surface area contributed by atoms with Gasteiger partial charge in [-0.1, -0.05) is 34.4 Å². The number of hydrogen-bond acceptors (Lipinski definition) is 7. The predicted molar refractivity (Wildman–Crippen MR) is 142 cm³/mol. The molecule has 0 amide bonds. The number of benzene rings is 2. The molecule has 1 aromatic heterocycles. The predicted octanol–water partition coefficient (Wildman–Crippen LogP) is 6.59. The van der Waals surface area contributed by atoms with E-state index in [1.807, 2.05) is 6.07 Å². The number of carboxylic acids is 1. The minimum absolute atomic E-state index is 0.127. The molecule has 6 rings (SSSR count). The van der Waals surface area contributed by atoms with Gasteiger partial charge in [-0.25, -0.2) is 9.59 Å². The molecule has 2 unspecified atom stereocenters. The number of carboxylic acid groups (broad SMARTS) is 1. The molecule has 198 valence electrons. The Kier molecular flexibility index (Phi) is 6.48. The fourth-order valence-electron chi connectivity index (χ4n) is 5.89. The summed E-state index contributed by atoms with van der Waals surface area (Å²) in [5.41, 5.74) is 2.13. The number of halogens is 2. The number of fused-ring (bicyclic) bond motifs is 2. The molecule has 2 bridgehead atoms. The minimum Gasteiger partial charge on any atom is -0.496 e. The minimum atomic E-state index is -1.03. The molecule has 1 N–H and O–H groups in total. The van der Waals surface area contributed by atoms with Gasteiger partial charge in [-0.15, -0.1) is 0 Å². The molecule has 2 aliphatic heterocycles. The maximum Gasteiger partial charge on any atom is 0.344 e. The molecular formula is C28H26Cl2N2O6. The van der Waals surface area contributed by atoms with E-state index in [1.54, 1.807) is 30.3 Å². The molecule has 2 saturated heterocycles. The van der Waals surface area contributed by atoms with Gasteiger partial charge in [-0.3, -0.25) is 0 Å². The number of carbonyl (C=O) groups excluding carboxylic acids is 1.